The van der Waals surface area contributed by atoms with E-state index in [0.29, 0.717) is 13.1 Å². The van der Waals surface area contributed by atoms with Crippen molar-refractivity contribution in [3.8, 4) is 0 Å². The van der Waals surface area contributed by atoms with Crippen molar-refractivity contribution in [3.63, 3.8) is 0 Å². The van der Waals surface area contributed by atoms with Gasteiger partial charge in [0.25, 0.3) is 0 Å². The average molecular weight is 252 g/mol. The van der Waals surface area contributed by atoms with Gasteiger partial charge < -0.3 is 9.64 Å². The lowest BCUT2D eigenvalue weighted by Gasteiger charge is -2.33. The van der Waals surface area contributed by atoms with Crippen molar-refractivity contribution in [1.29, 1.82) is 0 Å². The fraction of sp³-hybridized carbons (Fsp3) is 0.846. The molecule has 1 unspecified atom stereocenters. The number of isocyanates is 1. The highest BCUT2D eigenvalue weighted by Gasteiger charge is 2.56. The first-order valence-corrected chi connectivity index (χ1v) is 6.41. The lowest BCUT2D eigenvalue weighted by molar-refractivity contribution is 0.0170. The Morgan fingerprint density at radius 2 is 2.00 bits per heavy atom. The normalized spacial score (nSPS) is 25.5. The van der Waals surface area contributed by atoms with Crippen LogP contribution >= 0.6 is 0 Å². The molecule has 0 aromatic heterocycles. The largest absolute Gasteiger partial charge is 0.444 e. The molecule has 2 fully saturated rings. The Morgan fingerprint density at radius 1 is 1.39 bits per heavy atom. The predicted molar refractivity (Wildman–Crippen MR) is 66.0 cm³/mol. The minimum absolute atomic E-state index is 0.135. The van der Waals surface area contributed by atoms with Crippen molar-refractivity contribution < 1.29 is 14.3 Å². The number of likely N-dealkylation sites (tertiary alicyclic amines) is 1. The Balaban J connectivity index is 1.84. The van der Waals surface area contributed by atoms with Crippen molar-refractivity contribution in [2.45, 2.75) is 51.7 Å². The lowest BCUT2D eigenvalue weighted by Crippen LogP contribution is -2.42. The molecule has 0 aromatic carbocycles. The maximum atomic E-state index is 11.9. The topological polar surface area (TPSA) is 59.0 Å². The molecule has 100 valence electrons. The fourth-order valence-corrected chi connectivity index (χ4v) is 2.57. The van der Waals surface area contributed by atoms with Gasteiger partial charge in [-0.15, -0.1) is 0 Å². The number of carbonyl (C=O) groups excluding carboxylic acids is 2. The molecule has 2 rings (SSSR count). The van der Waals surface area contributed by atoms with E-state index >= 15 is 0 Å². The van der Waals surface area contributed by atoms with Crippen LogP contribution in [0.4, 0.5) is 4.79 Å². The first-order chi connectivity index (χ1) is 8.36. The summed E-state index contributed by atoms with van der Waals surface area (Å²) in [5.41, 5.74) is -0.286. The Labute approximate surface area is 107 Å². The van der Waals surface area contributed by atoms with Gasteiger partial charge in [-0.2, -0.15) is 0 Å². The van der Waals surface area contributed by atoms with Crippen molar-refractivity contribution in [3.05, 3.63) is 0 Å². The third-order valence-corrected chi connectivity index (χ3v) is 3.77. The molecule has 0 radical (unpaired) electrons. The summed E-state index contributed by atoms with van der Waals surface area (Å²) >= 11 is 0. The van der Waals surface area contributed by atoms with Crippen LogP contribution in [0, 0.1) is 5.41 Å². The van der Waals surface area contributed by atoms with Gasteiger partial charge in [0.05, 0.1) is 6.04 Å². The van der Waals surface area contributed by atoms with Crippen LogP contribution in [0.1, 0.15) is 40.0 Å². The molecule has 1 atom stereocenters. The Bertz CT molecular complexity index is 386. The second kappa shape index (κ2) is 4.39. The van der Waals surface area contributed by atoms with Crippen molar-refractivity contribution in [2.75, 3.05) is 13.1 Å². The summed E-state index contributed by atoms with van der Waals surface area (Å²) in [6.45, 7) is 6.99. The summed E-state index contributed by atoms with van der Waals surface area (Å²) in [4.78, 5) is 27.7. The molecule has 1 saturated heterocycles. The van der Waals surface area contributed by atoms with E-state index in [1.807, 2.05) is 20.8 Å². The Hall–Kier alpha value is -1.35. The van der Waals surface area contributed by atoms with Crippen molar-refractivity contribution >= 4 is 12.2 Å². The molecule has 2 aliphatic rings. The highest BCUT2D eigenvalue weighted by atomic mass is 16.6. The van der Waals surface area contributed by atoms with Crippen LogP contribution in [-0.4, -0.2) is 41.8 Å². The first kappa shape index (κ1) is 13.1. The summed E-state index contributed by atoms with van der Waals surface area (Å²) in [5, 5.41) is 0. The van der Waals surface area contributed by atoms with Gasteiger partial charge in [0, 0.05) is 13.1 Å². The van der Waals surface area contributed by atoms with Gasteiger partial charge in [-0.05, 0) is 45.4 Å². The summed E-state index contributed by atoms with van der Waals surface area (Å²) in [7, 11) is 0. The second-order valence-corrected chi connectivity index (χ2v) is 6.27. The third kappa shape index (κ3) is 2.72. The standard InChI is InChI=1S/C13H20N2O3/c1-12(2,3)18-11(17)15-6-4-13(5-7-15)8-10(13)14-9-16/h10H,4-8H2,1-3H3. The van der Waals surface area contributed by atoms with Gasteiger partial charge in [0.2, 0.25) is 6.08 Å². The molecule has 0 aromatic rings. The first-order valence-electron chi connectivity index (χ1n) is 6.41. The summed E-state index contributed by atoms with van der Waals surface area (Å²) in [6, 6.07) is 0.135. The monoisotopic (exact) mass is 252 g/mol. The molecular weight excluding hydrogens is 232 g/mol. The maximum Gasteiger partial charge on any atom is 0.410 e. The molecule has 1 amide bonds. The van der Waals surface area contributed by atoms with Gasteiger partial charge in [0.15, 0.2) is 0 Å². The molecular formula is C13H20N2O3. The number of aliphatic imine (C=N–C) groups is 1. The van der Waals surface area contributed by atoms with Crippen LogP contribution in [0.15, 0.2) is 4.99 Å². The van der Waals surface area contributed by atoms with E-state index in [4.69, 9.17) is 4.74 Å². The van der Waals surface area contributed by atoms with Crippen molar-refractivity contribution in [2.24, 2.45) is 10.4 Å². The third-order valence-electron chi connectivity index (χ3n) is 3.77. The lowest BCUT2D eigenvalue weighted by atomic mass is 9.93. The maximum absolute atomic E-state index is 11.9. The van der Waals surface area contributed by atoms with Gasteiger partial charge in [-0.3, -0.25) is 0 Å². The second-order valence-electron chi connectivity index (χ2n) is 6.27. The minimum atomic E-state index is -0.448. The number of nitrogens with zero attached hydrogens (tertiary/aromatic N) is 2. The van der Waals surface area contributed by atoms with E-state index in [1.165, 1.54) is 0 Å². The van der Waals surface area contributed by atoms with E-state index in [2.05, 4.69) is 4.99 Å². The van der Waals surface area contributed by atoms with Crippen LogP contribution < -0.4 is 0 Å². The zero-order valence-electron chi connectivity index (χ0n) is 11.2. The SMILES string of the molecule is CC(C)(C)OC(=O)N1CCC2(CC1)CC2N=C=O. The van der Waals surface area contributed by atoms with E-state index in [9.17, 15) is 9.59 Å². The Morgan fingerprint density at radius 3 is 2.50 bits per heavy atom. The molecule has 5 heteroatoms. The van der Waals surface area contributed by atoms with Gasteiger partial charge in [-0.25, -0.2) is 14.6 Å². The quantitative estimate of drug-likeness (QED) is 0.530. The highest BCUT2D eigenvalue weighted by molar-refractivity contribution is 5.68. The van der Waals surface area contributed by atoms with Gasteiger partial charge in [0.1, 0.15) is 5.60 Å². The number of carbonyl (C=O) groups is 1. The average Bonchev–Trinajstić information content (AvgIpc) is 2.90. The number of amides is 1. The van der Waals surface area contributed by atoms with Crippen LogP contribution in [0.5, 0.6) is 0 Å². The van der Waals surface area contributed by atoms with E-state index in [-0.39, 0.29) is 17.6 Å². The number of hydrogen-bond acceptors (Lipinski definition) is 4. The molecule has 5 nitrogen and oxygen atoms in total. The Kier molecular flexibility index (Phi) is 3.20. The summed E-state index contributed by atoms with van der Waals surface area (Å²) in [5.74, 6) is 0. The number of rotatable bonds is 1. The van der Waals surface area contributed by atoms with Crippen molar-refractivity contribution in [1.82, 2.24) is 4.90 Å². The van der Waals surface area contributed by atoms with Crippen LogP contribution in [0.25, 0.3) is 0 Å². The van der Waals surface area contributed by atoms with Crippen LogP contribution in [0.3, 0.4) is 0 Å². The van der Waals surface area contributed by atoms with Crippen LogP contribution in [-0.2, 0) is 9.53 Å². The number of hydrogen-bond donors (Lipinski definition) is 0. The fourth-order valence-electron chi connectivity index (χ4n) is 2.57. The zero-order chi connectivity index (χ0) is 13.4. The zero-order valence-corrected chi connectivity index (χ0v) is 11.2. The van der Waals surface area contributed by atoms with E-state index in [1.54, 1.807) is 11.0 Å². The van der Waals surface area contributed by atoms with E-state index in [0.717, 1.165) is 19.3 Å². The smallest absolute Gasteiger partial charge is 0.410 e. The molecule has 0 bridgehead atoms. The molecule has 1 spiro atoms. The van der Waals surface area contributed by atoms with Crippen LogP contribution in [0.2, 0.25) is 0 Å². The summed E-state index contributed by atoms with van der Waals surface area (Å²) < 4.78 is 5.34. The summed E-state index contributed by atoms with van der Waals surface area (Å²) in [6.07, 6.45) is 4.17. The number of piperidine rings is 1. The van der Waals surface area contributed by atoms with Gasteiger partial charge >= 0.3 is 6.09 Å². The molecule has 18 heavy (non-hydrogen) atoms. The minimum Gasteiger partial charge on any atom is -0.444 e. The van der Waals surface area contributed by atoms with Gasteiger partial charge in [-0.1, -0.05) is 0 Å². The molecule has 0 N–H and O–H groups in total. The molecule has 1 heterocycles. The predicted octanol–water partition coefficient (Wildman–Crippen LogP) is 2.11. The van der Waals surface area contributed by atoms with E-state index < -0.39 is 5.60 Å². The molecule has 1 aliphatic carbocycles. The molecule has 1 aliphatic heterocycles. The molecule has 1 saturated carbocycles. The highest BCUT2D eigenvalue weighted by Crippen LogP contribution is 2.55. The number of ether oxygens (including phenoxy) is 1.